The van der Waals surface area contributed by atoms with E-state index in [1.807, 2.05) is 52.2 Å². The number of aliphatic hydroxyl groups excluding tert-OH is 2. The first-order valence-electron chi connectivity index (χ1n) is 10.8. The Balaban J connectivity index is 1.68. The monoisotopic (exact) mass is 449 g/mol. The predicted octanol–water partition coefficient (Wildman–Crippen LogP) is 2.03. The third kappa shape index (κ3) is 6.77. The van der Waals surface area contributed by atoms with Crippen molar-refractivity contribution in [3.8, 4) is 0 Å². The van der Waals surface area contributed by atoms with Crippen LogP contribution in [0.15, 0.2) is 36.7 Å². The van der Waals surface area contributed by atoms with Gasteiger partial charge in [-0.2, -0.15) is 9.97 Å². The van der Waals surface area contributed by atoms with Crippen molar-refractivity contribution < 1.29 is 10.2 Å². The Morgan fingerprint density at radius 3 is 2.06 bits per heavy atom. The summed E-state index contributed by atoms with van der Waals surface area (Å²) in [5.74, 6) is 2.24. The van der Waals surface area contributed by atoms with Gasteiger partial charge < -0.3 is 31.5 Å². The second kappa shape index (κ2) is 11.4. The average Bonchev–Trinajstić information content (AvgIpc) is 2.81. The third-order valence-electron chi connectivity index (χ3n) is 4.99. The van der Waals surface area contributed by atoms with E-state index < -0.39 is 6.10 Å². The molecule has 0 spiro atoms. The standard InChI is InChI=1S/C22H30BN8O2/c1-13-11-25-21(30-19(13)24-9-10-32)28-16-5-7-17(8-6-16)29-22-26-12-18(23-4)20(31-22)27-14(2)15(3)33/h5-8,11-12,14-15,32-33H,9-10H2,1-4H3,(H2,24,25,28,30)(H2,26,27,29,31)/t14-,15-/m1/s1. The molecule has 1 radical (unpaired) electrons. The molecule has 0 amide bonds. The van der Waals surface area contributed by atoms with Crippen molar-refractivity contribution in [1.82, 2.24) is 19.9 Å². The van der Waals surface area contributed by atoms with Crippen LogP contribution in [0.2, 0.25) is 6.82 Å². The maximum Gasteiger partial charge on any atom is 0.229 e. The van der Waals surface area contributed by atoms with Gasteiger partial charge in [-0.15, -0.1) is 0 Å². The van der Waals surface area contributed by atoms with Crippen LogP contribution in [-0.2, 0) is 0 Å². The van der Waals surface area contributed by atoms with Crippen LogP contribution >= 0.6 is 0 Å². The van der Waals surface area contributed by atoms with Crippen LogP contribution in [0, 0.1) is 6.92 Å². The highest BCUT2D eigenvalue weighted by atomic mass is 16.3. The molecule has 3 rings (SSSR count). The summed E-state index contributed by atoms with van der Waals surface area (Å²) in [5, 5.41) is 31.5. The van der Waals surface area contributed by atoms with Gasteiger partial charge in [0, 0.05) is 35.9 Å². The van der Waals surface area contributed by atoms with Crippen LogP contribution in [-0.4, -0.2) is 62.7 Å². The number of hydrogen-bond acceptors (Lipinski definition) is 10. The van der Waals surface area contributed by atoms with E-state index in [1.54, 1.807) is 19.3 Å². The molecule has 0 aliphatic carbocycles. The molecule has 6 N–H and O–H groups in total. The van der Waals surface area contributed by atoms with Crippen molar-refractivity contribution >= 4 is 47.6 Å². The van der Waals surface area contributed by atoms with Gasteiger partial charge in [0.2, 0.25) is 11.9 Å². The van der Waals surface area contributed by atoms with Crippen LogP contribution in [0.25, 0.3) is 0 Å². The Morgan fingerprint density at radius 2 is 1.52 bits per heavy atom. The molecule has 0 saturated heterocycles. The van der Waals surface area contributed by atoms with Gasteiger partial charge in [0.25, 0.3) is 0 Å². The van der Waals surface area contributed by atoms with Crippen molar-refractivity contribution in [2.24, 2.45) is 0 Å². The molecule has 2 atom stereocenters. The lowest BCUT2D eigenvalue weighted by Gasteiger charge is -2.19. The van der Waals surface area contributed by atoms with Crippen LogP contribution in [0.3, 0.4) is 0 Å². The molecule has 11 heteroatoms. The summed E-state index contributed by atoms with van der Waals surface area (Å²) < 4.78 is 0. The zero-order valence-corrected chi connectivity index (χ0v) is 19.3. The Morgan fingerprint density at radius 1 is 0.939 bits per heavy atom. The first-order valence-corrected chi connectivity index (χ1v) is 10.8. The maximum atomic E-state index is 9.79. The highest BCUT2D eigenvalue weighted by molar-refractivity contribution is 6.53. The fraction of sp³-hybridized carbons (Fsp3) is 0.364. The van der Waals surface area contributed by atoms with Crippen LogP contribution < -0.4 is 26.7 Å². The molecule has 0 bridgehead atoms. The lowest BCUT2D eigenvalue weighted by molar-refractivity contribution is 0.178. The van der Waals surface area contributed by atoms with Crippen LogP contribution in [0.4, 0.5) is 34.9 Å². The van der Waals surface area contributed by atoms with E-state index in [0.29, 0.717) is 30.1 Å². The lowest BCUT2D eigenvalue weighted by Crippen LogP contribution is -2.32. The Hall–Kier alpha value is -3.44. The molecule has 2 heterocycles. The lowest BCUT2D eigenvalue weighted by atomic mass is 9.74. The fourth-order valence-electron chi connectivity index (χ4n) is 2.87. The van der Waals surface area contributed by atoms with E-state index in [0.717, 1.165) is 22.4 Å². The molecule has 2 aromatic heterocycles. The molecule has 0 saturated carbocycles. The maximum absolute atomic E-state index is 9.79. The summed E-state index contributed by atoms with van der Waals surface area (Å²) in [6, 6.07) is 7.44. The predicted molar refractivity (Wildman–Crippen MR) is 133 cm³/mol. The molecule has 3 aromatic rings. The highest BCUT2D eigenvalue weighted by Crippen LogP contribution is 2.20. The number of nitrogens with zero attached hydrogens (tertiary/aromatic N) is 4. The molecular formula is C22H30BN8O2. The quantitative estimate of drug-likeness (QED) is 0.241. The summed E-state index contributed by atoms with van der Waals surface area (Å²) in [6.45, 7) is 7.90. The summed E-state index contributed by atoms with van der Waals surface area (Å²) in [4.78, 5) is 17.7. The zero-order chi connectivity index (χ0) is 23.8. The Kier molecular flexibility index (Phi) is 8.39. The minimum absolute atomic E-state index is 0.0287. The van der Waals surface area contributed by atoms with Gasteiger partial charge in [-0.1, -0.05) is 6.82 Å². The number of benzene rings is 1. The van der Waals surface area contributed by atoms with E-state index in [4.69, 9.17) is 5.11 Å². The minimum Gasteiger partial charge on any atom is -0.395 e. The number of rotatable bonds is 11. The van der Waals surface area contributed by atoms with Gasteiger partial charge in [0.1, 0.15) is 11.6 Å². The summed E-state index contributed by atoms with van der Waals surface area (Å²) in [5.41, 5.74) is 3.40. The SMILES string of the molecule is C[B]c1cnc(Nc2ccc(Nc3ncc(C)c(NCCO)n3)cc2)nc1N[C@H](C)[C@@H](C)O. The van der Waals surface area contributed by atoms with Crippen molar-refractivity contribution in [3.05, 3.63) is 42.2 Å². The number of aryl methyl sites for hydroxylation is 1. The second-order valence-electron chi connectivity index (χ2n) is 7.66. The van der Waals surface area contributed by atoms with Crippen molar-refractivity contribution in [2.75, 3.05) is 34.4 Å². The average molecular weight is 449 g/mol. The number of anilines is 6. The minimum atomic E-state index is -0.514. The van der Waals surface area contributed by atoms with E-state index in [1.165, 1.54) is 0 Å². The Labute approximate surface area is 194 Å². The van der Waals surface area contributed by atoms with E-state index in [-0.39, 0.29) is 12.6 Å². The van der Waals surface area contributed by atoms with Crippen LogP contribution in [0.1, 0.15) is 19.4 Å². The van der Waals surface area contributed by atoms with E-state index >= 15 is 0 Å². The first kappa shape index (κ1) is 24.2. The number of aromatic nitrogens is 4. The van der Waals surface area contributed by atoms with Crippen molar-refractivity contribution in [1.29, 1.82) is 0 Å². The van der Waals surface area contributed by atoms with Crippen LogP contribution in [0.5, 0.6) is 0 Å². The van der Waals surface area contributed by atoms with Gasteiger partial charge in [0.15, 0.2) is 7.28 Å². The smallest absolute Gasteiger partial charge is 0.229 e. The molecular weight excluding hydrogens is 419 g/mol. The second-order valence-corrected chi connectivity index (χ2v) is 7.66. The topological polar surface area (TPSA) is 140 Å². The highest BCUT2D eigenvalue weighted by Gasteiger charge is 2.13. The summed E-state index contributed by atoms with van der Waals surface area (Å²) in [7, 11) is 1.92. The molecule has 0 aliphatic heterocycles. The number of hydrogen-bond donors (Lipinski definition) is 6. The fourth-order valence-corrected chi connectivity index (χ4v) is 2.87. The van der Waals surface area contributed by atoms with Gasteiger partial charge in [-0.05, 0) is 50.5 Å². The molecule has 173 valence electrons. The summed E-state index contributed by atoms with van der Waals surface area (Å²) in [6.07, 6.45) is 2.95. The number of nitrogens with one attached hydrogen (secondary N) is 4. The third-order valence-corrected chi connectivity index (χ3v) is 4.99. The molecule has 0 unspecified atom stereocenters. The van der Waals surface area contributed by atoms with E-state index in [9.17, 15) is 5.11 Å². The van der Waals surface area contributed by atoms with E-state index in [2.05, 4.69) is 41.2 Å². The Bertz CT molecular complexity index is 1050. The normalized spacial score (nSPS) is 12.5. The van der Waals surface area contributed by atoms with Gasteiger partial charge in [-0.25, -0.2) is 9.97 Å². The van der Waals surface area contributed by atoms with Crippen molar-refractivity contribution in [2.45, 2.75) is 39.7 Å². The first-order chi connectivity index (χ1) is 15.9. The molecule has 33 heavy (non-hydrogen) atoms. The molecule has 1 aromatic carbocycles. The largest absolute Gasteiger partial charge is 0.395 e. The molecule has 0 aliphatic rings. The molecule has 0 fully saturated rings. The van der Waals surface area contributed by atoms with Gasteiger partial charge in [0.05, 0.1) is 18.8 Å². The summed E-state index contributed by atoms with van der Waals surface area (Å²) >= 11 is 0. The molecule has 10 nitrogen and oxygen atoms in total. The van der Waals surface area contributed by atoms with Crippen molar-refractivity contribution in [3.63, 3.8) is 0 Å². The number of aliphatic hydroxyl groups is 2. The van der Waals surface area contributed by atoms with Gasteiger partial charge in [-0.3, -0.25) is 0 Å². The zero-order valence-electron chi connectivity index (χ0n) is 19.3. The van der Waals surface area contributed by atoms with Gasteiger partial charge >= 0.3 is 0 Å².